The predicted octanol–water partition coefficient (Wildman–Crippen LogP) is -0.539. The van der Waals surface area contributed by atoms with Gasteiger partial charge in [-0.3, -0.25) is 9.59 Å². The molecule has 0 bridgehead atoms. The molecule has 2 fully saturated rings. The molecule has 0 spiro atoms. The van der Waals surface area contributed by atoms with Crippen LogP contribution in [0.1, 0.15) is 19.3 Å². The minimum Gasteiger partial charge on any atom is -0.480 e. The first-order valence-electron chi connectivity index (χ1n) is 5.85. The largest absolute Gasteiger partial charge is 0.480 e. The lowest BCUT2D eigenvalue weighted by Gasteiger charge is -2.43. The highest BCUT2D eigenvalue weighted by atomic mass is 16.5. The molecule has 2 N–H and O–H groups in total. The highest BCUT2D eigenvalue weighted by Gasteiger charge is 2.54. The maximum atomic E-state index is 12.3. The number of carboxylic acid groups (broad SMARTS) is 1. The van der Waals surface area contributed by atoms with Gasteiger partial charge in [-0.25, -0.2) is 0 Å². The number of nitrogens with zero attached hydrogens (tertiary/aromatic N) is 1. The van der Waals surface area contributed by atoms with Crippen molar-refractivity contribution in [3.8, 4) is 0 Å². The number of aliphatic hydroxyl groups excluding tert-OH is 1. The van der Waals surface area contributed by atoms with Gasteiger partial charge >= 0.3 is 5.97 Å². The summed E-state index contributed by atoms with van der Waals surface area (Å²) >= 11 is 0. The Morgan fingerprint density at radius 3 is 2.59 bits per heavy atom. The van der Waals surface area contributed by atoms with Crippen molar-refractivity contribution in [2.45, 2.75) is 25.3 Å². The first-order valence-corrected chi connectivity index (χ1v) is 5.85. The summed E-state index contributed by atoms with van der Waals surface area (Å²) in [5.41, 5.74) is -1.25. The van der Waals surface area contributed by atoms with E-state index in [1.54, 1.807) is 0 Å². The van der Waals surface area contributed by atoms with Gasteiger partial charge in [0.1, 0.15) is 5.41 Å². The van der Waals surface area contributed by atoms with E-state index in [4.69, 9.17) is 4.74 Å². The molecule has 1 unspecified atom stereocenters. The van der Waals surface area contributed by atoms with Gasteiger partial charge in [-0.15, -0.1) is 0 Å². The number of hydrogen-bond donors (Lipinski definition) is 2. The fourth-order valence-electron chi connectivity index (χ4n) is 2.40. The number of amides is 1. The molecule has 6 heteroatoms. The number of carbonyl (C=O) groups excluding carboxylic acids is 1. The molecule has 0 radical (unpaired) electrons. The minimum atomic E-state index is -1.25. The Balaban J connectivity index is 2.15. The fourth-order valence-corrected chi connectivity index (χ4v) is 2.40. The molecule has 0 aromatic carbocycles. The van der Waals surface area contributed by atoms with E-state index in [-0.39, 0.29) is 19.1 Å². The minimum absolute atomic E-state index is 0.193. The number of aliphatic carboxylic acids is 1. The molecule has 2 aliphatic rings. The van der Waals surface area contributed by atoms with Gasteiger partial charge in [-0.05, 0) is 12.8 Å². The van der Waals surface area contributed by atoms with Gasteiger partial charge in [0.25, 0.3) is 0 Å². The number of rotatable bonds is 3. The normalized spacial score (nSPS) is 27.4. The molecular weight excluding hydrogens is 226 g/mol. The van der Waals surface area contributed by atoms with Crippen LogP contribution in [0.3, 0.4) is 0 Å². The first-order chi connectivity index (χ1) is 8.12. The lowest BCUT2D eigenvalue weighted by Crippen LogP contribution is -2.59. The van der Waals surface area contributed by atoms with Crippen molar-refractivity contribution in [3.05, 3.63) is 0 Å². The molecule has 96 valence electrons. The van der Waals surface area contributed by atoms with Crippen molar-refractivity contribution >= 4 is 11.9 Å². The summed E-state index contributed by atoms with van der Waals surface area (Å²) in [6.07, 6.45) is 1.57. The zero-order chi connectivity index (χ0) is 12.5. The Bertz CT molecular complexity index is 326. The summed E-state index contributed by atoms with van der Waals surface area (Å²) in [7, 11) is 0. The molecule has 17 heavy (non-hydrogen) atoms. The van der Waals surface area contributed by atoms with Crippen LogP contribution in [0, 0.1) is 5.41 Å². The molecule has 1 aliphatic carbocycles. The summed E-state index contributed by atoms with van der Waals surface area (Å²) in [4.78, 5) is 25.0. The van der Waals surface area contributed by atoms with Crippen LogP contribution in [0.15, 0.2) is 0 Å². The molecule has 2 rings (SSSR count). The van der Waals surface area contributed by atoms with Crippen LogP contribution in [0.5, 0.6) is 0 Å². The number of aliphatic hydroxyl groups is 1. The molecule has 6 nitrogen and oxygen atoms in total. The van der Waals surface area contributed by atoms with Gasteiger partial charge < -0.3 is 19.8 Å². The Morgan fingerprint density at radius 2 is 2.12 bits per heavy atom. The van der Waals surface area contributed by atoms with Gasteiger partial charge in [0.2, 0.25) is 5.91 Å². The van der Waals surface area contributed by atoms with Crippen LogP contribution in [-0.4, -0.2) is 59.4 Å². The third-order valence-corrected chi connectivity index (χ3v) is 3.73. The summed E-state index contributed by atoms with van der Waals surface area (Å²) < 4.78 is 5.18. The molecule has 1 heterocycles. The summed E-state index contributed by atoms with van der Waals surface area (Å²) in [5, 5.41) is 18.4. The SMILES string of the molecule is O=C(O)C1(C(=O)N2CCOCC2CO)CCC1. The van der Waals surface area contributed by atoms with E-state index >= 15 is 0 Å². The third kappa shape index (κ3) is 1.91. The van der Waals surface area contributed by atoms with E-state index in [9.17, 15) is 19.8 Å². The van der Waals surface area contributed by atoms with Crippen molar-refractivity contribution in [1.82, 2.24) is 4.90 Å². The highest BCUT2D eigenvalue weighted by molar-refractivity contribution is 6.03. The van der Waals surface area contributed by atoms with Gasteiger partial charge in [0.05, 0.1) is 25.9 Å². The molecule has 0 aromatic rings. The standard InChI is InChI=1S/C11H17NO5/c13-6-8-7-17-5-4-12(8)9(14)11(10(15)16)2-1-3-11/h8,13H,1-7H2,(H,15,16). The van der Waals surface area contributed by atoms with Gasteiger partial charge in [-0.2, -0.15) is 0 Å². The van der Waals surface area contributed by atoms with Crippen molar-refractivity contribution in [3.63, 3.8) is 0 Å². The summed E-state index contributed by atoms with van der Waals surface area (Å²) in [6, 6.07) is -0.409. The van der Waals surface area contributed by atoms with E-state index in [1.165, 1.54) is 4.90 Å². The van der Waals surface area contributed by atoms with Crippen molar-refractivity contribution in [2.75, 3.05) is 26.4 Å². The Morgan fingerprint density at radius 1 is 1.41 bits per heavy atom. The average molecular weight is 243 g/mol. The zero-order valence-electron chi connectivity index (χ0n) is 9.59. The van der Waals surface area contributed by atoms with E-state index in [0.29, 0.717) is 26.0 Å². The number of ether oxygens (including phenoxy) is 1. The van der Waals surface area contributed by atoms with Crippen molar-refractivity contribution in [1.29, 1.82) is 0 Å². The Labute approximate surface area is 99.2 Å². The number of carbonyl (C=O) groups is 2. The quantitative estimate of drug-likeness (QED) is 0.650. The molecule has 1 amide bonds. The van der Waals surface area contributed by atoms with E-state index < -0.39 is 17.4 Å². The Kier molecular flexibility index (Phi) is 3.35. The highest BCUT2D eigenvalue weighted by Crippen LogP contribution is 2.43. The fraction of sp³-hybridized carbons (Fsp3) is 0.818. The maximum Gasteiger partial charge on any atom is 0.319 e. The topological polar surface area (TPSA) is 87.1 Å². The molecule has 1 saturated carbocycles. The number of carboxylic acids is 1. The monoisotopic (exact) mass is 243 g/mol. The van der Waals surface area contributed by atoms with Gasteiger partial charge in [0.15, 0.2) is 0 Å². The second-order valence-corrected chi connectivity index (χ2v) is 4.65. The second kappa shape index (κ2) is 4.62. The molecule has 1 atom stereocenters. The van der Waals surface area contributed by atoms with Crippen molar-refractivity contribution in [2.24, 2.45) is 5.41 Å². The van der Waals surface area contributed by atoms with E-state index in [1.807, 2.05) is 0 Å². The van der Waals surface area contributed by atoms with E-state index in [2.05, 4.69) is 0 Å². The lowest BCUT2D eigenvalue weighted by molar-refractivity contribution is -0.173. The first kappa shape index (κ1) is 12.3. The number of hydrogen-bond acceptors (Lipinski definition) is 4. The van der Waals surface area contributed by atoms with Gasteiger partial charge in [0, 0.05) is 6.54 Å². The molecular formula is C11H17NO5. The van der Waals surface area contributed by atoms with Crippen LogP contribution in [0.25, 0.3) is 0 Å². The predicted molar refractivity (Wildman–Crippen MR) is 57.3 cm³/mol. The van der Waals surface area contributed by atoms with Crippen LogP contribution in [0.4, 0.5) is 0 Å². The van der Waals surface area contributed by atoms with Crippen LogP contribution < -0.4 is 0 Å². The maximum absolute atomic E-state index is 12.3. The van der Waals surface area contributed by atoms with Crippen LogP contribution >= 0.6 is 0 Å². The van der Waals surface area contributed by atoms with E-state index in [0.717, 1.165) is 6.42 Å². The smallest absolute Gasteiger partial charge is 0.319 e. The summed E-state index contributed by atoms with van der Waals surface area (Å²) in [5.74, 6) is -1.41. The third-order valence-electron chi connectivity index (χ3n) is 3.73. The molecule has 1 saturated heterocycles. The average Bonchev–Trinajstić information content (AvgIpc) is 2.26. The molecule has 0 aromatic heterocycles. The van der Waals surface area contributed by atoms with Crippen LogP contribution in [-0.2, 0) is 14.3 Å². The van der Waals surface area contributed by atoms with Gasteiger partial charge in [-0.1, -0.05) is 6.42 Å². The Hall–Kier alpha value is -1.14. The number of morpholine rings is 1. The van der Waals surface area contributed by atoms with Crippen molar-refractivity contribution < 1.29 is 24.5 Å². The summed E-state index contributed by atoms with van der Waals surface area (Å²) in [6.45, 7) is 0.844. The zero-order valence-corrected chi connectivity index (χ0v) is 9.59. The lowest BCUT2D eigenvalue weighted by atomic mass is 9.67. The molecule has 1 aliphatic heterocycles. The van der Waals surface area contributed by atoms with Crippen LogP contribution in [0.2, 0.25) is 0 Å². The second-order valence-electron chi connectivity index (χ2n) is 4.65.